The number of likely N-dealkylation sites (tertiary alicyclic amines) is 1. The molecule has 1 aliphatic rings. The summed E-state index contributed by atoms with van der Waals surface area (Å²) in [4.78, 5) is 37.8. The molecule has 0 saturated carbocycles. The minimum atomic E-state index is -0.363. The van der Waals surface area contributed by atoms with Gasteiger partial charge in [-0.15, -0.1) is 11.3 Å². The Balaban J connectivity index is 1.58. The highest BCUT2D eigenvalue weighted by Crippen LogP contribution is 2.20. The van der Waals surface area contributed by atoms with Crippen LogP contribution in [-0.4, -0.2) is 50.8 Å². The first-order valence-corrected chi connectivity index (χ1v) is 8.73. The molecule has 2 N–H and O–H groups in total. The first-order valence-electron chi connectivity index (χ1n) is 7.47. The van der Waals surface area contributed by atoms with E-state index in [1.54, 1.807) is 10.3 Å². The first-order chi connectivity index (χ1) is 12.0. The second kappa shape index (κ2) is 7.58. The van der Waals surface area contributed by atoms with E-state index in [0.717, 1.165) is 12.5 Å². The molecule has 0 spiro atoms. The van der Waals surface area contributed by atoms with E-state index >= 15 is 0 Å². The van der Waals surface area contributed by atoms with Gasteiger partial charge < -0.3 is 15.5 Å². The summed E-state index contributed by atoms with van der Waals surface area (Å²) in [5.41, 5.74) is 0. The standard InChI is InChI=1S/C15H15ClN6O2S/c1-2-12(23)20-11-8-25-13(21-11)14(24)22-4-3-10(7-22)19-15-17-5-9(16)6-18-15/h2,5-6,8,10H,1,3-4,7H2,(H,20,23)(H,17,18,19)/t10-/m1/s1. The van der Waals surface area contributed by atoms with Gasteiger partial charge in [0.15, 0.2) is 5.01 Å². The Kier molecular flexibility index (Phi) is 5.25. The van der Waals surface area contributed by atoms with Gasteiger partial charge in [0.05, 0.1) is 17.4 Å². The van der Waals surface area contributed by atoms with Crippen LogP contribution in [0.25, 0.3) is 0 Å². The molecule has 0 bridgehead atoms. The zero-order valence-corrected chi connectivity index (χ0v) is 14.7. The third-order valence-electron chi connectivity index (χ3n) is 3.55. The smallest absolute Gasteiger partial charge is 0.282 e. The molecule has 10 heteroatoms. The van der Waals surface area contributed by atoms with Crippen LogP contribution in [-0.2, 0) is 4.79 Å². The molecule has 0 aliphatic carbocycles. The molecule has 2 amide bonds. The van der Waals surface area contributed by atoms with Gasteiger partial charge in [0.25, 0.3) is 5.91 Å². The van der Waals surface area contributed by atoms with Crippen LogP contribution < -0.4 is 10.6 Å². The average molecular weight is 379 g/mol. The Morgan fingerprint density at radius 2 is 2.16 bits per heavy atom. The molecule has 1 fully saturated rings. The van der Waals surface area contributed by atoms with Gasteiger partial charge in [-0.3, -0.25) is 9.59 Å². The second-order valence-electron chi connectivity index (χ2n) is 5.34. The highest BCUT2D eigenvalue weighted by atomic mass is 35.5. The van der Waals surface area contributed by atoms with Crippen LogP contribution in [0.1, 0.15) is 16.2 Å². The summed E-state index contributed by atoms with van der Waals surface area (Å²) >= 11 is 6.95. The van der Waals surface area contributed by atoms with Crippen molar-refractivity contribution in [2.45, 2.75) is 12.5 Å². The maximum absolute atomic E-state index is 12.5. The number of anilines is 2. The Bertz CT molecular complexity index is 794. The number of aromatic nitrogens is 3. The van der Waals surface area contributed by atoms with Crippen LogP contribution >= 0.6 is 22.9 Å². The fourth-order valence-corrected chi connectivity index (χ4v) is 3.19. The fourth-order valence-electron chi connectivity index (χ4n) is 2.37. The topological polar surface area (TPSA) is 100 Å². The van der Waals surface area contributed by atoms with Crippen molar-refractivity contribution in [2.24, 2.45) is 0 Å². The predicted molar refractivity (Wildman–Crippen MR) is 95.9 cm³/mol. The lowest BCUT2D eigenvalue weighted by Crippen LogP contribution is -2.31. The van der Waals surface area contributed by atoms with Crippen molar-refractivity contribution < 1.29 is 9.59 Å². The normalized spacial score (nSPS) is 16.5. The van der Waals surface area contributed by atoms with Gasteiger partial charge in [0.1, 0.15) is 5.82 Å². The molecular formula is C15H15ClN6O2S. The highest BCUT2D eigenvalue weighted by Gasteiger charge is 2.29. The van der Waals surface area contributed by atoms with E-state index in [1.165, 1.54) is 23.7 Å². The van der Waals surface area contributed by atoms with Crippen molar-refractivity contribution in [3.8, 4) is 0 Å². The van der Waals surface area contributed by atoms with E-state index in [2.05, 4.69) is 32.2 Å². The average Bonchev–Trinajstić information content (AvgIpc) is 3.26. The van der Waals surface area contributed by atoms with E-state index in [4.69, 9.17) is 11.6 Å². The van der Waals surface area contributed by atoms with Crippen LogP contribution in [0, 0.1) is 0 Å². The SMILES string of the molecule is C=CC(=O)Nc1csc(C(=O)N2CC[C@@H](Nc3ncc(Cl)cn3)C2)n1. The summed E-state index contributed by atoms with van der Waals surface area (Å²) in [7, 11) is 0. The van der Waals surface area contributed by atoms with E-state index < -0.39 is 0 Å². The number of carbonyl (C=O) groups is 2. The molecule has 25 heavy (non-hydrogen) atoms. The van der Waals surface area contributed by atoms with Crippen LogP contribution in [0.2, 0.25) is 5.02 Å². The molecule has 0 radical (unpaired) electrons. The van der Waals surface area contributed by atoms with Crippen molar-refractivity contribution in [1.29, 1.82) is 0 Å². The quantitative estimate of drug-likeness (QED) is 0.772. The summed E-state index contributed by atoms with van der Waals surface area (Å²) in [5.74, 6) is 0.303. The van der Waals surface area contributed by atoms with Gasteiger partial charge in [-0.05, 0) is 12.5 Å². The van der Waals surface area contributed by atoms with E-state index in [0.29, 0.717) is 34.9 Å². The van der Waals surface area contributed by atoms with Gasteiger partial charge in [0.2, 0.25) is 11.9 Å². The third-order valence-corrected chi connectivity index (χ3v) is 4.58. The summed E-state index contributed by atoms with van der Waals surface area (Å²) in [6.45, 7) is 4.51. The maximum atomic E-state index is 12.5. The number of rotatable bonds is 5. The van der Waals surface area contributed by atoms with Crippen molar-refractivity contribution in [3.63, 3.8) is 0 Å². The number of carbonyl (C=O) groups excluding carboxylic acids is 2. The molecule has 0 aromatic carbocycles. The zero-order valence-electron chi connectivity index (χ0n) is 13.1. The lowest BCUT2D eigenvalue weighted by Gasteiger charge is -2.15. The molecule has 1 atom stereocenters. The first kappa shape index (κ1) is 17.3. The minimum Gasteiger partial charge on any atom is -0.350 e. The number of thiazole rings is 1. The minimum absolute atomic E-state index is 0.0602. The summed E-state index contributed by atoms with van der Waals surface area (Å²) in [5, 5.41) is 8.15. The third kappa shape index (κ3) is 4.31. The Hall–Kier alpha value is -2.52. The Labute approximate surface area is 152 Å². The number of hydrogen-bond donors (Lipinski definition) is 2. The van der Waals surface area contributed by atoms with Gasteiger partial charge in [0, 0.05) is 24.5 Å². The van der Waals surface area contributed by atoms with Gasteiger partial charge in [-0.2, -0.15) is 0 Å². The molecule has 3 rings (SSSR count). The number of halogens is 1. The highest BCUT2D eigenvalue weighted by molar-refractivity contribution is 7.12. The van der Waals surface area contributed by atoms with E-state index in [1.807, 2.05) is 0 Å². The summed E-state index contributed by atoms with van der Waals surface area (Å²) in [6, 6.07) is 0.0602. The Morgan fingerprint density at radius 3 is 2.88 bits per heavy atom. The summed E-state index contributed by atoms with van der Waals surface area (Å²) < 4.78 is 0. The number of nitrogens with zero attached hydrogens (tertiary/aromatic N) is 4. The number of nitrogens with one attached hydrogen (secondary N) is 2. The van der Waals surface area contributed by atoms with Crippen LogP contribution in [0.4, 0.5) is 11.8 Å². The van der Waals surface area contributed by atoms with Crippen molar-refractivity contribution >= 4 is 46.5 Å². The van der Waals surface area contributed by atoms with E-state index in [-0.39, 0.29) is 17.9 Å². The lowest BCUT2D eigenvalue weighted by atomic mass is 10.3. The molecule has 3 heterocycles. The monoisotopic (exact) mass is 378 g/mol. The van der Waals surface area contributed by atoms with Crippen molar-refractivity contribution in [2.75, 3.05) is 23.7 Å². The van der Waals surface area contributed by atoms with Crippen molar-refractivity contribution in [3.05, 3.63) is 40.5 Å². The molecule has 1 aliphatic heterocycles. The van der Waals surface area contributed by atoms with Crippen LogP contribution in [0.5, 0.6) is 0 Å². The molecular weight excluding hydrogens is 364 g/mol. The predicted octanol–water partition coefficient (Wildman–Crippen LogP) is 2.04. The van der Waals surface area contributed by atoms with E-state index in [9.17, 15) is 9.59 Å². The maximum Gasteiger partial charge on any atom is 0.282 e. The van der Waals surface area contributed by atoms with Crippen molar-refractivity contribution in [1.82, 2.24) is 19.9 Å². The molecule has 2 aromatic heterocycles. The Morgan fingerprint density at radius 1 is 1.40 bits per heavy atom. The van der Waals surface area contributed by atoms with Crippen LogP contribution in [0.15, 0.2) is 30.4 Å². The molecule has 8 nitrogen and oxygen atoms in total. The summed E-state index contributed by atoms with van der Waals surface area (Å²) in [6.07, 6.45) is 4.96. The molecule has 1 saturated heterocycles. The second-order valence-corrected chi connectivity index (χ2v) is 6.63. The molecule has 0 unspecified atom stereocenters. The number of amides is 2. The van der Waals surface area contributed by atoms with Gasteiger partial charge in [-0.25, -0.2) is 15.0 Å². The lowest BCUT2D eigenvalue weighted by molar-refractivity contribution is -0.111. The number of hydrogen-bond acceptors (Lipinski definition) is 7. The molecule has 2 aromatic rings. The largest absolute Gasteiger partial charge is 0.350 e. The zero-order chi connectivity index (χ0) is 17.8. The van der Waals surface area contributed by atoms with Gasteiger partial charge in [-0.1, -0.05) is 18.2 Å². The fraction of sp³-hybridized carbons (Fsp3) is 0.267. The molecule has 130 valence electrons. The van der Waals surface area contributed by atoms with Crippen LogP contribution in [0.3, 0.4) is 0 Å². The van der Waals surface area contributed by atoms with Gasteiger partial charge >= 0.3 is 0 Å².